The van der Waals surface area contributed by atoms with Crippen LogP contribution in [0.25, 0.3) is 11.4 Å². The quantitative estimate of drug-likeness (QED) is 0.943. The van der Waals surface area contributed by atoms with Crippen LogP contribution in [0.15, 0.2) is 34.8 Å². The third kappa shape index (κ3) is 3.05. The minimum Gasteiger partial charge on any atom is -0.378 e. The van der Waals surface area contributed by atoms with Crippen molar-refractivity contribution in [1.82, 2.24) is 9.97 Å². The number of nitrogens with zero attached hydrogens (tertiary/aromatic N) is 2. The van der Waals surface area contributed by atoms with Crippen molar-refractivity contribution in [1.29, 1.82) is 0 Å². The number of hydrogen-bond acceptors (Lipinski definition) is 4. The molecule has 0 atom stereocenters. The van der Waals surface area contributed by atoms with Gasteiger partial charge in [0, 0.05) is 30.3 Å². The van der Waals surface area contributed by atoms with Crippen LogP contribution >= 0.6 is 15.9 Å². The van der Waals surface area contributed by atoms with Crippen molar-refractivity contribution in [3.05, 3.63) is 40.5 Å². The van der Waals surface area contributed by atoms with E-state index < -0.39 is 0 Å². The van der Waals surface area contributed by atoms with Gasteiger partial charge in [0.2, 0.25) is 0 Å². The molecule has 0 fully saturated rings. The SMILES string of the molecule is CNc1cc(COC)nc(-c2cccc(Br)c2)n1. The second kappa shape index (κ2) is 5.93. The lowest BCUT2D eigenvalue weighted by Crippen LogP contribution is -2.01. The molecule has 0 saturated heterocycles. The molecule has 0 unspecified atom stereocenters. The number of ether oxygens (including phenoxy) is 1. The molecule has 1 aromatic heterocycles. The van der Waals surface area contributed by atoms with E-state index in [9.17, 15) is 0 Å². The summed E-state index contributed by atoms with van der Waals surface area (Å²) in [5.41, 5.74) is 1.82. The van der Waals surface area contributed by atoms with Crippen LogP contribution in [-0.4, -0.2) is 24.1 Å². The Kier molecular flexibility index (Phi) is 4.28. The Morgan fingerprint density at radius 3 is 2.78 bits per heavy atom. The number of methoxy groups -OCH3 is 1. The van der Waals surface area contributed by atoms with Crippen LogP contribution in [0, 0.1) is 0 Å². The van der Waals surface area contributed by atoms with E-state index in [1.165, 1.54) is 0 Å². The van der Waals surface area contributed by atoms with E-state index in [4.69, 9.17) is 4.74 Å². The summed E-state index contributed by atoms with van der Waals surface area (Å²) in [6, 6.07) is 9.79. The topological polar surface area (TPSA) is 47.0 Å². The smallest absolute Gasteiger partial charge is 0.161 e. The van der Waals surface area contributed by atoms with Crippen molar-refractivity contribution in [2.24, 2.45) is 0 Å². The summed E-state index contributed by atoms with van der Waals surface area (Å²) < 4.78 is 6.12. The van der Waals surface area contributed by atoms with Gasteiger partial charge >= 0.3 is 0 Å². The minimum absolute atomic E-state index is 0.470. The Bertz CT molecular complexity index is 546. The average Bonchev–Trinajstić information content (AvgIpc) is 2.39. The van der Waals surface area contributed by atoms with Gasteiger partial charge in [0.1, 0.15) is 5.82 Å². The van der Waals surface area contributed by atoms with Crippen molar-refractivity contribution in [3.63, 3.8) is 0 Å². The maximum absolute atomic E-state index is 5.11. The molecule has 1 aromatic carbocycles. The molecule has 94 valence electrons. The Labute approximate surface area is 115 Å². The summed E-state index contributed by atoms with van der Waals surface area (Å²) in [6.45, 7) is 0.470. The Hall–Kier alpha value is -1.46. The number of nitrogens with one attached hydrogen (secondary N) is 1. The standard InChI is InChI=1S/C13H14BrN3O/c1-15-12-7-11(8-18-2)16-13(17-12)9-4-3-5-10(14)6-9/h3-7H,8H2,1-2H3,(H,15,16,17). The molecule has 4 nitrogen and oxygen atoms in total. The molecule has 2 rings (SSSR count). The molecule has 18 heavy (non-hydrogen) atoms. The molecular weight excluding hydrogens is 294 g/mol. The number of aromatic nitrogens is 2. The zero-order valence-corrected chi connectivity index (χ0v) is 11.9. The first-order chi connectivity index (χ1) is 8.72. The van der Waals surface area contributed by atoms with Crippen LogP contribution in [0.3, 0.4) is 0 Å². The van der Waals surface area contributed by atoms with Crippen LogP contribution in [-0.2, 0) is 11.3 Å². The summed E-state index contributed by atoms with van der Waals surface area (Å²) in [6.07, 6.45) is 0. The third-order valence-electron chi connectivity index (χ3n) is 2.41. The molecule has 0 aliphatic carbocycles. The van der Waals surface area contributed by atoms with Gasteiger partial charge in [-0.05, 0) is 12.1 Å². The predicted octanol–water partition coefficient (Wildman–Crippen LogP) is 3.09. The molecule has 0 aliphatic heterocycles. The molecule has 2 aromatic rings. The summed E-state index contributed by atoms with van der Waals surface area (Å²) in [4.78, 5) is 8.93. The number of rotatable bonds is 4. The highest BCUT2D eigenvalue weighted by atomic mass is 79.9. The maximum Gasteiger partial charge on any atom is 0.161 e. The van der Waals surface area contributed by atoms with E-state index >= 15 is 0 Å². The predicted molar refractivity (Wildman–Crippen MR) is 75.4 cm³/mol. The van der Waals surface area contributed by atoms with E-state index in [-0.39, 0.29) is 0 Å². The van der Waals surface area contributed by atoms with Crippen molar-refractivity contribution in [3.8, 4) is 11.4 Å². The second-order valence-electron chi connectivity index (χ2n) is 3.76. The number of halogens is 1. The zero-order chi connectivity index (χ0) is 13.0. The molecular formula is C13H14BrN3O. The van der Waals surface area contributed by atoms with Crippen molar-refractivity contribution in [2.75, 3.05) is 19.5 Å². The lowest BCUT2D eigenvalue weighted by Gasteiger charge is -2.07. The Balaban J connectivity index is 2.46. The molecule has 0 saturated carbocycles. The van der Waals surface area contributed by atoms with Crippen LogP contribution < -0.4 is 5.32 Å². The van der Waals surface area contributed by atoms with Crippen molar-refractivity contribution < 1.29 is 4.74 Å². The van der Waals surface area contributed by atoms with Crippen molar-refractivity contribution in [2.45, 2.75) is 6.61 Å². The van der Waals surface area contributed by atoms with E-state index in [0.717, 1.165) is 21.5 Å². The van der Waals surface area contributed by atoms with Gasteiger partial charge in [-0.1, -0.05) is 28.1 Å². The van der Waals surface area contributed by atoms with Crippen LogP contribution in [0.5, 0.6) is 0 Å². The largest absolute Gasteiger partial charge is 0.378 e. The van der Waals surface area contributed by atoms with Gasteiger partial charge in [-0.2, -0.15) is 0 Å². The van der Waals surface area contributed by atoms with Crippen molar-refractivity contribution >= 4 is 21.7 Å². The summed E-state index contributed by atoms with van der Waals surface area (Å²) in [7, 11) is 3.49. The zero-order valence-electron chi connectivity index (χ0n) is 10.3. The Morgan fingerprint density at radius 1 is 1.28 bits per heavy atom. The lowest BCUT2D eigenvalue weighted by atomic mass is 10.2. The summed E-state index contributed by atoms with van der Waals surface area (Å²) >= 11 is 3.45. The van der Waals surface area contributed by atoms with Gasteiger partial charge in [-0.25, -0.2) is 9.97 Å². The number of hydrogen-bond donors (Lipinski definition) is 1. The van der Waals surface area contributed by atoms with E-state index in [0.29, 0.717) is 12.4 Å². The first-order valence-corrected chi connectivity index (χ1v) is 6.33. The average molecular weight is 308 g/mol. The third-order valence-corrected chi connectivity index (χ3v) is 2.90. The van der Waals surface area contributed by atoms with Gasteiger partial charge in [0.15, 0.2) is 5.82 Å². The number of anilines is 1. The van der Waals surface area contributed by atoms with Crippen LogP contribution in [0.2, 0.25) is 0 Å². The Morgan fingerprint density at radius 2 is 2.11 bits per heavy atom. The highest BCUT2D eigenvalue weighted by Gasteiger charge is 2.06. The van der Waals surface area contributed by atoms with Gasteiger partial charge in [0.25, 0.3) is 0 Å². The molecule has 0 amide bonds. The highest BCUT2D eigenvalue weighted by Crippen LogP contribution is 2.21. The fourth-order valence-electron chi connectivity index (χ4n) is 1.60. The highest BCUT2D eigenvalue weighted by molar-refractivity contribution is 9.10. The molecule has 0 aliphatic rings. The second-order valence-corrected chi connectivity index (χ2v) is 4.68. The van der Waals surface area contributed by atoms with E-state index in [1.54, 1.807) is 7.11 Å². The molecule has 0 radical (unpaired) electrons. The molecule has 1 N–H and O–H groups in total. The van der Waals surface area contributed by atoms with Gasteiger partial charge < -0.3 is 10.1 Å². The summed E-state index contributed by atoms with van der Waals surface area (Å²) in [5.74, 6) is 1.47. The van der Waals surface area contributed by atoms with Gasteiger partial charge in [-0.3, -0.25) is 0 Å². The molecule has 5 heteroatoms. The maximum atomic E-state index is 5.11. The van der Waals surface area contributed by atoms with Crippen LogP contribution in [0.4, 0.5) is 5.82 Å². The molecule has 0 bridgehead atoms. The summed E-state index contributed by atoms with van der Waals surface area (Å²) in [5, 5.41) is 3.03. The van der Waals surface area contributed by atoms with Gasteiger partial charge in [-0.15, -0.1) is 0 Å². The fourth-order valence-corrected chi connectivity index (χ4v) is 2.00. The first-order valence-electron chi connectivity index (χ1n) is 5.53. The van der Waals surface area contributed by atoms with E-state index in [1.807, 2.05) is 37.4 Å². The lowest BCUT2D eigenvalue weighted by molar-refractivity contribution is 0.181. The fraction of sp³-hybridized carbons (Fsp3) is 0.231. The normalized spacial score (nSPS) is 10.4. The molecule has 0 spiro atoms. The van der Waals surface area contributed by atoms with Gasteiger partial charge in [0.05, 0.1) is 12.3 Å². The monoisotopic (exact) mass is 307 g/mol. The minimum atomic E-state index is 0.470. The van der Waals surface area contributed by atoms with Crippen LogP contribution in [0.1, 0.15) is 5.69 Å². The van der Waals surface area contributed by atoms with E-state index in [2.05, 4.69) is 31.2 Å². The molecule has 1 heterocycles. The number of benzene rings is 1. The first kappa shape index (κ1) is 13.0.